The molecule has 0 aliphatic carbocycles. The normalized spacial score (nSPS) is 19.3. The van der Waals surface area contributed by atoms with Crippen molar-refractivity contribution in [2.45, 2.75) is 63.6 Å². The molecule has 2 atom stereocenters. The molecule has 6 heterocycles. The zero-order valence-electron chi connectivity index (χ0n) is 35.1. The van der Waals surface area contributed by atoms with Gasteiger partial charge in [0.25, 0.3) is 5.91 Å². The van der Waals surface area contributed by atoms with Crippen LogP contribution in [0.4, 0.5) is 11.5 Å². The van der Waals surface area contributed by atoms with Gasteiger partial charge in [-0.05, 0) is 80.8 Å². The highest BCUT2D eigenvalue weighted by Crippen LogP contribution is 2.36. The molecule has 9 rings (SSSR count). The number of imide groups is 1. The minimum absolute atomic E-state index is 0.0587. The highest BCUT2D eigenvalue weighted by Gasteiger charge is 2.40. The first-order valence-corrected chi connectivity index (χ1v) is 21.8. The quantitative estimate of drug-likeness (QED) is 0.143. The molecule has 17 nitrogen and oxygen atoms in total. The molecule has 1 unspecified atom stereocenters. The van der Waals surface area contributed by atoms with Crippen molar-refractivity contribution in [1.29, 1.82) is 0 Å². The molecule has 0 bridgehead atoms. The van der Waals surface area contributed by atoms with Crippen molar-refractivity contribution in [2.24, 2.45) is 0 Å². The van der Waals surface area contributed by atoms with Gasteiger partial charge in [-0.3, -0.25) is 34.2 Å². The summed E-state index contributed by atoms with van der Waals surface area (Å²) in [4.78, 5) is 80.6. The van der Waals surface area contributed by atoms with E-state index >= 15 is 0 Å². The van der Waals surface area contributed by atoms with Crippen LogP contribution < -0.4 is 21.1 Å². The zero-order chi connectivity index (χ0) is 43.5. The third kappa shape index (κ3) is 8.91. The highest BCUT2D eigenvalue weighted by atomic mass is 16.5. The molecule has 5 aromatic rings. The van der Waals surface area contributed by atoms with Crippen LogP contribution in [0.25, 0.3) is 22.3 Å². The molecule has 4 aliphatic rings. The molecule has 4 aliphatic heterocycles. The molecule has 3 aromatic carbocycles. The lowest BCUT2D eigenvalue weighted by molar-refractivity contribution is -0.137. The number of hydrogen-bond donors (Lipinski definition) is 3. The number of fused-ring (bicyclic) bond motifs is 2. The molecule has 326 valence electrons. The van der Waals surface area contributed by atoms with Crippen LogP contribution in [0.15, 0.2) is 79.1 Å². The molecular weight excluding hydrogens is 803 g/mol. The topological polar surface area (TPSA) is 201 Å². The van der Waals surface area contributed by atoms with Crippen LogP contribution in [0.3, 0.4) is 0 Å². The summed E-state index contributed by atoms with van der Waals surface area (Å²) in [6.45, 7) is 5.40. The minimum Gasteiger partial charge on any atom is -0.457 e. The average Bonchev–Trinajstić information content (AvgIpc) is 3.86. The lowest BCUT2D eigenvalue weighted by Gasteiger charge is -2.35. The van der Waals surface area contributed by atoms with Gasteiger partial charge < -0.3 is 30.5 Å². The Hall–Kier alpha value is -6.88. The first kappa shape index (κ1) is 41.5. The highest BCUT2D eigenvalue weighted by molar-refractivity contribution is 6.06. The van der Waals surface area contributed by atoms with E-state index in [-0.39, 0.29) is 42.6 Å². The van der Waals surface area contributed by atoms with Gasteiger partial charge in [-0.25, -0.2) is 14.6 Å². The Morgan fingerprint density at radius 1 is 0.841 bits per heavy atom. The van der Waals surface area contributed by atoms with Gasteiger partial charge in [-0.2, -0.15) is 5.10 Å². The third-order valence-corrected chi connectivity index (χ3v) is 12.5. The molecule has 63 heavy (non-hydrogen) atoms. The van der Waals surface area contributed by atoms with Crippen LogP contribution in [0.2, 0.25) is 0 Å². The fourth-order valence-corrected chi connectivity index (χ4v) is 9.18. The SMILES string of the molecule is Nc1ncnc2c1c(-c1ccc(Oc3ccccc3)cc1)nn2[C@@H]1CCCN(C(=O)CCCN2CCN(C(=O)CCNc3cccc4c3CN(C3CCC(=O)NC3=O)C4=O)CC2)C1. The van der Waals surface area contributed by atoms with Crippen LogP contribution in [-0.4, -0.2) is 127 Å². The minimum atomic E-state index is -0.682. The third-order valence-electron chi connectivity index (χ3n) is 12.5. The number of nitrogens with zero attached hydrogens (tertiary/aromatic N) is 8. The number of rotatable bonds is 13. The Kier molecular flexibility index (Phi) is 12.0. The van der Waals surface area contributed by atoms with Gasteiger partial charge in [-0.1, -0.05) is 24.3 Å². The van der Waals surface area contributed by atoms with Crippen molar-refractivity contribution in [1.82, 2.24) is 44.7 Å². The maximum Gasteiger partial charge on any atom is 0.255 e. The number of nitrogen functional groups attached to an aromatic ring is 1. The molecule has 2 aromatic heterocycles. The first-order chi connectivity index (χ1) is 30.7. The fraction of sp³-hybridized carbons (Fsp3) is 0.391. The van der Waals surface area contributed by atoms with E-state index in [1.807, 2.05) is 75.1 Å². The number of piperidine rings is 2. The van der Waals surface area contributed by atoms with Gasteiger partial charge in [0.05, 0.1) is 11.4 Å². The number of carbonyl (C=O) groups excluding carboxylic acids is 5. The van der Waals surface area contributed by atoms with Crippen LogP contribution in [-0.2, 0) is 25.7 Å². The van der Waals surface area contributed by atoms with Crippen molar-refractivity contribution < 1.29 is 28.7 Å². The fourth-order valence-electron chi connectivity index (χ4n) is 9.18. The summed E-state index contributed by atoms with van der Waals surface area (Å²) in [6, 6.07) is 22.0. The van der Waals surface area contributed by atoms with E-state index in [9.17, 15) is 24.0 Å². The summed E-state index contributed by atoms with van der Waals surface area (Å²) in [7, 11) is 0. The maximum absolute atomic E-state index is 13.6. The van der Waals surface area contributed by atoms with Crippen molar-refractivity contribution >= 4 is 52.1 Å². The van der Waals surface area contributed by atoms with Gasteiger partial charge in [-0.15, -0.1) is 0 Å². The lowest BCUT2D eigenvalue weighted by atomic mass is 10.0. The van der Waals surface area contributed by atoms with Gasteiger partial charge >= 0.3 is 0 Å². The Morgan fingerprint density at radius 3 is 2.41 bits per heavy atom. The second-order valence-corrected chi connectivity index (χ2v) is 16.6. The summed E-state index contributed by atoms with van der Waals surface area (Å²) in [6.07, 6.45) is 5.13. The molecule has 3 saturated heterocycles. The van der Waals surface area contributed by atoms with Crippen LogP contribution >= 0.6 is 0 Å². The molecule has 5 amide bonds. The van der Waals surface area contributed by atoms with Crippen LogP contribution in [0, 0.1) is 0 Å². The van der Waals surface area contributed by atoms with Crippen molar-refractivity contribution in [3.63, 3.8) is 0 Å². The molecule has 17 heteroatoms. The van der Waals surface area contributed by atoms with Crippen molar-refractivity contribution in [3.05, 3.63) is 90.3 Å². The number of aromatic nitrogens is 4. The second kappa shape index (κ2) is 18.2. The average molecular weight is 854 g/mol. The van der Waals surface area contributed by atoms with Gasteiger partial charge in [0.1, 0.15) is 35.4 Å². The van der Waals surface area contributed by atoms with E-state index in [2.05, 4.69) is 25.5 Å². The second-order valence-electron chi connectivity index (χ2n) is 16.6. The molecule has 4 N–H and O–H groups in total. The van der Waals surface area contributed by atoms with E-state index in [1.54, 1.807) is 12.1 Å². The van der Waals surface area contributed by atoms with E-state index in [1.165, 1.54) is 11.2 Å². The van der Waals surface area contributed by atoms with Gasteiger partial charge in [0.15, 0.2) is 5.65 Å². The number of ether oxygens (including phenoxy) is 1. The van der Waals surface area contributed by atoms with E-state index in [0.717, 1.165) is 61.5 Å². The summed E-state index contributed by atoms with van der Waals surface area (Å²) in [5.41, 5.74) is 10.7. The zero-order valence-corrected chi connectivity index (χ0v) is 35.1. The largest absolute Gasteiger partial charge is 0.457 e. The van der Waals surface area contributed by atoms with Crippen LogP contribution in [0.1, 0.15) is 66.9 Å². The number of piperazine rings is 1. The summed E-state index contributed by atoms with van der Waals surface area (Å²) < 4.78 is 7.91. The number of para-hydroxylation sites is 1. The molecule has 0 radical (unpaired) electrons. The standard InChI is InChI=1S/C46H51N11O6/c47-43-41-42(30-13-15-33(16-14-30)63-32-8-2-1-3-9-32)52-57(44(41)50-29-49-43)31-7-5-22-55(27-31)39(59)12-6-21-53-23-25-54(26-24-53)40(60)19-20-48-36-11-4-10-34-35(36)28-56(46(34)62)37-17-18-38(58)51-45(37)61/h1-4,8-11,13-16,29,31,37,48H,5-7,12,17-28H2,(H2,47,49,50)(H,51,58,61)/t31-,37?/m1/s1. The summed E-state index contributed by atoms with van der Waals surface area (Å²) >= 11 is 0. The first-order valence-electron chi connectivity index (χ1n) is 21.8. The van der Waals surface area contributed by atoms with Gasteiger partial charge in [0.2, 0.25) is 23.6 Å². The number of anilines is 2. The Morgan fingerprint density at radius 2 is 1.62 bits per heavy atom. The van der Waals surface area contributed by atoms with E-state index in [0.29, 0.717) is 85.8 Å². The van der Waals surface area contributed by atoms with E-state index in [4.69, 9.17) is 15.6 Å². The molecule has 0 saturated carbocycles. The number of benzene rings is 3. The Balaban J connectivity index is 0.727. The Labute approximate surface area is 364 Å². The smallest absolute Gasteiger partial charge is 0.255 e. The number of amides is 5. The van der Waals surface area contributed by atoms with Gasteiger partial charge in [0, 0.05) is 94.0 Å². The van der Waals surface area contributed by atoms with Crippen molar-refractivity contribution in [2.75, 3.05) is 63.4 Å². The number of nitrogens with two attached hydrogens (primary N) is 1. The van der Waals surface area contributed by atoms with Crippen LogP contribution in [0.5, 0.6) is 11.5 Å². The number of carbonyl (C=O) groups is 5. The van der Waals surface area contributed by atoms with Crippen molar-refractivity contribution in [3.8, 4) is 22.8 Å². The predicted molar refractivity (Wildman–Crippen MR) is 234 cm³/mol. The molecule has 3 fully saturated rings. The lowest BCUT2D eigenvalue weighted by Crippen LogP contribution is -2.52. The molecular formula is C46H51N11O6. The molecule has 0 spiro atoms. The summed E-state index contributed by atoms with van der Waals surface area (Å²) in [5.74, 6) is 0.993. The predicted octanol–water partition coefficient (Wildman–Crippen LogP) is 4.22. The number of likely N-dealkylation sites (tertiary alicyclic amines) is 1. The monoisotopic (exact) mass is 853 g/mol. The number of hydrogen-bond acceptors (Lipinski definition) is 12. The summed E-state index contributed by atoms with van der Waals surface area (Å²) in [5, 5.41) is 11.4. The van der Waals surface area contributed by atoms with E-state index < -0.39 is 11.9 Å². The Bertz CT molecular complexity index is 2520. The maximum atomic E-state index is 13.6. The number of nitrogens with one attached hydrogen (secondary N) is 2.